The third-order valence-electron chi connectivity index (χ3n) is 0.703. The topological polar surface area (TPSA) is 32.7 Å². The van der Waals surface area contributed by atoms with Gasteiger partial charge in [-0.25, -0.2) is 4.79 Å². The molecule has 3 nitrogen and oxygen atoms in total. The first-order chi connectivity index (χ1) is 4.27. The summed E-state index contributed by atoms with van der Waals surface area (Å²) in [5.41, 5.74) is 0. The van der Waals surface area contributed by atoms with E-state index in [0.29, 0.717) is 0 Å². The molecular formula is C6H10N2O. The molecule has 0 atom stereocenters. The first-order valence-corrected chi connectivity index (χ1v) is 2.64. The Hall–Kier alpha value is -0.920. The summed E-state index contributed by atoms with van der Waals surface area (Å²) in [5.74, 6) is 0. The molecule has 0 aliphatic heterocycles. The summed E-state index contributed by atoms with van der Waals surface area (Å²) in [5, 5.41) is 0. The first kappa shape index (κ1) is 8.08. The number of hydrogen-bond donors (Lipinski definition) is 0. The van der Waals surface area contributed by atoms with Gasteiger partial charge in [-0.3, -0.25) is 0 Å². The van der Waals surface area contributed by atoms with Crippen LogP contribution in [0.3, 0.4) is 0 Å². The Morgan fingerprint density at radius 1 is 1.67 bits per heavy atom. The van der Waals surface area contributed by atoms with Gasteiger partial charge in [0.15, 0.2) is 0 Å². The van der Waals surface area contributed by atoms with Crippen LogP contribution in [0.15, 0.2) is 17.3 Å². The van der Waals surface area contributed by atoms with Crippen LogP contribution in [0, 0.1) is 0 Å². The highest BCUT2D eigenvalue weighted by Gasteiger charge is 1.78. The second-order valence-corrected chi connectivity index (χ2v) is 1.87. The van der Waals surface area contributed by atoms with E-state index in [1.54, 1.807) is 6.08 Å². The molecule has 0 N–H and O–H groups in total. The standard InChI is InChI=1S/C6H10N2O/c1-8(2)5-3-4-7-6-9/h3-4H,5H2,1-2H3/b4-3-. The molecule has 0 spiro atoms. The van der Waals surface area contributed by atoms with Crippen molar-refractivity contribution in [2.24, 2.45) is 4.99 Å². The van der Waals surface area contributed by atoms with Crippen LogP contribution in [0.4, 0.5) is 0 Å². The van der Waals surface area contributed by atoms with Gasteiger partial charge in [-0.1, -0.05) is 6.08 Å². The van der Waals surface area contributed by atoms with Crippen LogP contribution in [-0.2, 0) is 4.79 Å². The number of hydrogen-bond acceptors (Lipinski definition) is 3. The minimum Gasteiger partial charge on any atom is -0.306 e. The van der Waals surface area contributed by atoms with E-state index in [4.69, 9.17) is 0 Å². The lowest BCUT2D eigenvalue weighted by atomic mass is 10.6. The van der Waals surface area contributed by atoms with Crippen LogP contribution in [-0.4, -0.2) is 31.6 Å². The second kappa shape index (κ2) is 5.22. The average Bonchev–Trinajstić information content (AvgIpc) is 1.80. The fourth-order valence-electron chi connectivity index (χ4n) is 0.341. The maximum Gasteiger partial charge on any atom is 0.239 e. The second-order valence-electron chi connectivity index (χ2n) is 1.87. The number of aliphatic imine (C=N–C) groups is 1. The lowest BCUT2D eigenvalue weighted by Crippen LogP contribution is -2.10. The number of rotatable bonds is 3. The van der Waals surface area contributed by atoms with E-state index >= 15 is 0 Å². The lowest BCUT2D eigenvalue weighted by Gasteiger charge is -2.01. The predicted molar refractivity (Wildman–Crippen MR) is 35.8 cm³/mol. The molecule has 50 valence electrons. The average molecular weight is 126 g/mol. The number of likely N-dealkylation sites (N-methyl/N-ethyl adjacent to an activating group) is 1. The van der Waals surface area contributed by atoms with Gasteiger partial charge in [0.1, 0.15) is 0 Å². The summed E-state index contributed by atoms with van der Waals surface area (Å²) >= 11 is 0. The van der Waals surface area contributed by atoms with Gasteiger partial charge in [-0.15, -0.1) is 0 Å². The van der Waals surface area contributed by atoms with Gasteiger partial charge >= 0.3 is 0 Å². The zero-order valence-electron chi connectivity index (χ0n) is 5.66. The highest BCUT2D eigenvalue weighted by Crippen LogP contribution is 1.76. The summed E-state index contributed by atoms with van der Waals surface area (Å²) in [4.78, 5) is 14.7. The Kier molecular flexibility index (Phi) is 4.69. The lowest BCUT2D eigenvalue weighted by molar-refractivity contribution is 0.456. The van der Waals surface area contributed by atoms with Crippen LogP contribution >= 0.6 is 0 Å². The molecule has 0 fully saturated rings. The quantitative estimate of drug-likeness (QED) is 0.405. The number of nitrogens with zero attached hydrogens (tertiary/aromatic N) is 2. The molecule has 0 aromatic carbocycles. The molecule has 0 aromatic rings. The highest BCUT2D eigenvalue weighted by molar-refractivity contribution is 5.34. The SMILES string of the molecule is CN(C)C/C=C\N=C=O. The van der Waals surface area contributed by atoms with Crippen molar-refractivity contribution in [1.82, 2.24) is 4.90 Å². The Labute approximate surface area is 54.7 Å². The van der Waals surface area contributed by atoms with Gasteiger partial charge in [0, 0.05) is 12.7 Å². The van der Waals surface area contributed by atoms with Gasteiger partial charge < -0.3 is 4.90 Å². The van der Waals surface area contributed by atoms with Crippen molar-refractivity contribution in [3.8, 4) is 0 Å². The fourth-order valence-corrected chi connectivity index (χ4v) is 0.341. The summed E-state index contributed by atoms with van der Waals surface area (Å²) < 4.78 is 0. The zero-order chi connectivity index (χ0) is 7.11. The van der Waals surface area contributed by atoms with Gasteiger partial charge in [0.05, 0.1) is 0 Å². The van der Waals surface area contributed by atoms with E-state index in [9.17, 15) is 4.79 Å². The molecule has 0 unspecified atom stereocenters. The van der Waals surface area contributed by atoms with E-state index in [2.05, 4.69) is 4.99 Å². The molecule has 0 amide bonds. The maximum absolute atomic E-state index is 9.49. The monoisotopic (exact) mass is 126 g/mol. The number of isocyanates is 1. The molecule has 0 radical (unpaired) electrons. The molecule has 0 aliphatic carbocycles. The van der Waals surface area contributed by atoms with E-state index < -0.39 is 0 Å². The van der Waals surface area contributed by atoms with Crippen LogP contribution in [0.25, 0.3) is 0 Å². The van der Waals surface area contributed by atoms with Crippen molar-refractivity contribution in [3.05, 3.63) is 12.3 Å². The molecular weight excluding hydrogens is 116 g/mol. The Morgan fingerprint density at radius 2 is 2.33 bits per heavy atom. The van der Waals surface area contributed by atoms with Gasteiger partial charge in [-0.2, -0.15) is 4.99 Å². The van der Waals surface area contributed by atoms with Crippen molar-refractivity contribution in [3.63, 3.8) is 0 Å². The Morgan fingerprint density at radius 3 is 2.78 bits per heavy atom. The highest BCUT2D eigenvalue weighted by atomic mass is 16.1. The van der Waals surface area contributed by atoms with Crippen LogP contribution in [0.1, 0.15) is 0 Å². The molecule has 0 aromatic heterocycles. The minimum absolute atomic E-state index is 0.797. The third-order valence-corrected chi connectivity index (χ3v) is 0.703. The van der Waals surface area contributed by atoms with E-state index in [1.165, 1.54) is 12.3 Å². The molecule has 0 rings (SSSR count). The van der Waals surface area contributed by atoms with Gasteiger partial charge in [0.25, 0.3) is 0 Å². The summed E-state index contributed by atoms with van der Waals surface area (Å²) in [6, 6.07) is 0. The molecule has 0 heterocycles. The summed E-state index contributed by atoms with van der Waals surface area (Å²) in [6.45, 7) is 0.797. The molecule has 0 bridgehead atoms. The van der Waals surface area contributed by atoms with Crippen molar-refractivity contribution in [2.45, 2.75) is 0 Å². The van der Waals surface area contributed by atoms with Gasteiger partial charge in [0.2, 0.25) is 6.08 Å². The fraction of sp³-hybridized carbons (Fsp3) is 0.500. The number of carbonyl (C=O) groups excluding carboxylic acids is 1. The maximum atomic E-state index is 9.49. The zero-order valence-corrected chi connectivity index (χ0v) is 5.66. The van der Waals surface area contributed by atoms with Crippen molar-refractivity contribution in [1.29, 1.82) is 0 Å². The van der Waals surface area contributed by atoms with Crippen LogP contribution in [0.2, 0.25) is 0 Å². The largest absolute Gasteiger partial charge is 0.306 e. The Bertz CT molecular complexity index is 134. The van der Waals surface area contributed by atoms with E-state index in [0.717, 1.165) is 6.54 Å². The van der Waals surface area contributed by atoms with E-state index in [1.807, 2.05) is 19.0 Å². The smallest absolute Gasteiger partial charge is 0.239 e. The summed E-state index contributed by atoms with van der Waals surface area (Å²) in [7, 11) is 3.88. The van der Waals surface area contributed by atoms with Crippen molar-refractivity contribution < 1.29 is 4.79 Å². The first-order valence-electron chi connectivity index (χ1n) is 2.64. The van der Waals surface area contributed by atoms with Crippen LogP contribution in [0.5, 0.6) is 0 Å². The normalized spacial score (nSPS) is 10.1. The summed E-state index contributed by atoms with van der Waals surface area (Å²) in [6.07, 6.45) is 4.63. The predicted octanol–water partition coefficient (Wildman–Crippen LogP) is 0.397. The van der Waals surface area contributed by atoms with E-state index in [-0.39, 0.29) is 0 Å². The Balaban J connectivity index is 3.36. The van der Waals surface area contributed by atoms with Gasteiger partial charge in [-0.05, 0) is 14.1 Å². The van der Waals surface area contributed by atoms with Crippen molar-refractivity contribution >= 4 is 6.08 Å². The molecule has 0 saturated heterocycles. The molecule has 3 heteroatoms. The van der Waals surface area contributed by atoms with Crippen molar-refractivity contribution in [2.75, 3.05) is 20.6 Å². The molecule has 0 aliphatic rings. The third kappa shape index (κ3) is 7.08. The minimum atomic E-state index is 0.797. The molecule has 9 heavy (non-hydrogen) atoms. The molecule has 0 saturated carbocycles. The van der Waals surface area contributed by atoms with Crippen LogP contribution < -0.4 is 0 Å².